The standard InChI is InChI=1S/C37H42N3O.2CH3.Hf/c1-22(2)25-16-12-17-26(23(3)4)33(25)38-31-20-24(5)21-32-34(31)39-36(40(32)9)29-15-11-10-14-27(29)28-18-13-19-30(35(28)41)37(6,7)8;;;/h10-23H,1-9H3,(H,39,41);2*1H3;/q3*-1;. The first-order chi connectivity index (χ1) is 19.4. The number of hydrogen-bond acceptors (Lipinski definition) is 2. The molecule has 0 aliphatic carbocycles. The summed E-state index contributed by atoms with van der Waals surface area (Å²) in [5.41, 5.74) is 11.0. The third kappa shape index (κ3) is 6.88. The third-order valence-corrected chi connectivity index (χ3v) is 7.99. The number of benzene rings is 4. The van der Waals surface area contributed by atoms with Crippen LogP contribution in [0.25, 0.3) is 38.9 Å². The van der Waals surface area contributed by atoms with E-state index < -0.39 is 0 Å². The SMILES string of the molecule is Cc1cc([N-]c2c(C(C)C)cccc2C(C)C)c2nc(-c3ccccc3-c3cccc(C(C)(C)C)c3O)n(C)c2c1.[CH3-].[CH3-].[Hf]. The van der Waals surface area contributed by atoms with E-state index in [4.69, 9.17) is 10.3 Å². The Morgan fingerprint density at radius 2 is 1.32 bits per heavy atom. The minimum Gasteiger partial charge on any atom is -0.656 e. The molecule has 4 nitrogen and oxygen atoms in total. The second-order valence-corrected chi connectivity index (χ2v) is 12.8. The Morgan fingerprint density at radius 1 is 0.773 bits per heavy atom. The van der Waals surface area contributed by atoms with Crippen molar-refractivity contribution in [1.82, 2.24) is 9.55 Å². The van der Waals surface area contributed by atoms with Crippen LogP contribution in [-0.2, 0) is 38.3 Å². The molecule has 0 fully saturated rings. The van der Waals surface area contributed by atoms with E-state index in [0.29, 0.717) is 17.6 Å². The van der Waals surface area contributed by atoms with Gasteiger partial charge in [0.1, 0.15) is 11.6 Å². The van der Waals surface area contributed by atoms with Crippen molar-refractivity contribution in [3.05, 3.63) is 115 Å². The van der Waals surface area contributed by atoms with Crippen LogP contribution in [0.15, 0.2) is 72.8 Å². The van der Waals surface area contributed by atoms with E-state index in [1.165, 1.54) is 11.1 Å². The van der Waals surface area contributed by atoms with Gasteiger partial charge >= 0.3 is 0 Å². The van der Waals surface area contributed by atoms with Crippen LogP contribution in [0.4, 0.5) is 11.4 Å². The van der Waals surface area contributed by atoms with Crippen LogP contribution >= 0.6 is 0 Å². The van der Waals surface area contributed by atoms with E-state index in [1.54, 1.807) is 0 Å². The van der Waals surface area contributed by atoms with E-state index in [9.17, 15) is 5.11 Å². The Labute approximate surface area is 284 Å². The largest absolute Gasteiger partial charge is 0.656 e. The minimum absolute atomic E-state index is 0. The smallest absolute Gasteiger partial charge is 0.141 e. The summed E-state index contributed by atoms with van der Waals surface area (Å²) < 4.78 is 2.16. The molecule has 0 aliphatic heterocycles. The molecule has 0 unspecified atom stereocenters. The van der Waals surface area contributed by atoms with Crippen molar-refractivity contribution in [2.75, 3.05) is 0 Å². The number of aryl methyl sites for hydroxylation is 2. The first kappa shape index (κ1) is 37.0. The summed E-state index contributed by atoms with van der Waals surface area (Å²) in [7, 11) is 2.07. The van der Waals surface area contributed by atoms with E-state index in [-0.39, 0.29) is 46.1 Å². The number of nitrogens with zero attached hydrogens (tertiary/aromatic N) is 3. The van der Waals surface area contributed by atoms with Crippen LogP contribution < -0.4 is 0 Å². The van der Waals surface area contributed by atoms with E-state index in [0.717, 1.165) is 56.0 Å². The molecule has 0 aliphatic rings. The quantitative estimate of drug-likeness (QED) is 0.139. The van der Waals surface area contributed by atoms with Gasteiger partial charge in [0, 0.05) is 44.0 Å². The van der Waals surface area contributed by atoms with Gasteiger partial charge in [0.15, 0.2) is 0 Å². The van der Waals surface area contributed by atoms with Gasteiger partial charge in [0.2, 0.25) is 0 Å². The van der Waals surface area contributed by atoms with Crippen LogP contribution in [0, 0.1) is 21.8 Å². The molecule has 5 rings (SSSR count). The van der Waals surface area contributed by atoms with Gasteiger partial charge in [-0.1, -0.05) is 132 Å². The summed E-state index contributed by atoms with van der Waals surface area (Å²) in [5, 5.41) is 16.7. The zero-order valence-electron chi connectivity index (χ0n) is 28.4. The van der Waals surface area contributed by atoms with E-state index >= 15 is 0 Å². The average molecular weight is 753 g/mol. The molecule has 1 heterocycles. The number of phenols is 1. The van der Waals surface area contributed by atoms with Crippen molar-refractivity contribution >= 4 is 22.4 Å². The number of fused-ring (bicyclic) bond motifs is 1. The summed E-state index contributed by atoms with van der Waals surface area (Å²) in [6, 6.07) is 25.1. The first-order valence-corrected chi connectivity index (χ1v) is 14.6. The summed E-state index contributed by atoms with van der Waals surface area (Å²) in [6.07, 6.45) is 0. The minimum atomic E-state index is -0.179. The van der Waals surface area contributed by atoms with Crippen LogP contribution in [0.5, 0.6) is 5.75 Å². The molecule has 0 amide bonds. The Kier molecular flexibility index (Phi) is 12.0. The molecule has 1 aromatic heterocycles. The molecule has 0 saturated heterocycles. The van der Waals surface area contributed by atoms with Crippen molar-refractivity contribution in [1.29, 1.82) is 0 Å². The number of rotatable bonds is 6. The fourth-order valence-corrected chi connectivity index (χ4v) is 5.77. The Hall–Kier alpha value is -3.18. The van der Waals surface area contributed by atoms with Gasteiger partial charge in [-0.3, -0.25) is 0 Å². The van der Waals surface area contributed by atoms with E-state index in [1.807, 2.05) is 30.3 Å². The fourth-order valence-electron chi connectivity index (χ4n) is 5.77. The van der Waals surface area contributed by atoms with Gasteiger partial charge in [-0.05, 0) is 41.4 Å². The Bertz CT molecular complexity index is 1710. The van der Waals surface area contributed by atoms with Crippen LogP contribution in [0.1, 0.15) is 82.6 Å². The maximum Gasteiger partial charge on any atom is 0.141 e. The number of para-hydroxylation sites is 2. The maximum atomic E-state index is 11.4. The zero-order valence-corrected chi connectivity index (χ0v) is 32.0. The van der Waals surface area contributed by atoms with Crippen molar-refractivity contribution in [3.63, 3.8) is 0 Å². The second kappa shape index (κ2) is 14.3. The molecule has 0 saturated carbocycles. The molecule has 0 spiro atoms. The summed E-state index contributed by atoms with van der Waals surface area (Å²) in [5.74, 6) is 1.88. The molecule has 0 bridgehead atoms. The van der Waals surface area contributed by atoms with Gasteiger partial charge in [-0.2, -0.15) is 0 Å². The average Bonchev–Trinajstić information content (AvgIpc) is 3.24. The maximum absolute atomic E-state index is 11.4. The van der Waals surface area contributed by atoms with Crippen molar-refractivity contribution in [2.24, 2.45) is 7.05 Å². The second-order valence-electron chi connectivity index (χ2n) is 12.8. The third-order valence-electron chi connectivity index (χ3n) is 7.99. The fraction of sp³-hybridized carbons (Fsp3) is 0.308. The van der Waals surface area contributed by atoms with Crippen molar-refractivity contribution in [3.8, 4) is 28.3 Å². The first-order valence-electron chi connectivity index (χ1n) is 14.6. The van der Waals surface area contributed by atoms with Crippen LogP contribution in [-0.4, -0.2) is 14.7 Å². The molecule has 4 aromatic carbocycles. The van der Waals surface area contributed by atoms with Gasteiger partial charge < -0.3 is 29.8 Å². The van der Waals surface area contributed by atoms with Gasteiger partial charge in [0.05, 0.1) is 11.0 Å². The molecule has 44 heavy (non-hydrogen) atoms. The number of phenolic OH excluding ortho intramolecular Hbond substituents is 1. The number of imidazole rings is 1. The predicted octanol–water partition coefficient (Wildman–Crippen LogP) is 11.7. The number of aromatic hydroxyl groups is 1. The molecular formula is C39H48HfN3O-3. The molecular weight excluding hydrogens is 705 g/mol. The van der Waals surface area contributed by atoms with Gasteiger partial charge in [0.25, 0.3) is 0 Å². The summed E-state index contributed by atoms with van der Waals surface area (Å²) >= 11 is 0. The van der Waals surface area contributed by atoms with Crippen LogP contribution in [0.2, 0.25) is 0 Å². The molecule has 0 radical (unpaired) electrons. The monoisotopic (exact) mass is 754 g/mol. The topological polar surface area (TPSA) is 52.1 Å². The molecule has 5 heteroatoms. The summed E-state index contributed by atoms with van der Waals surface area (Å²) in [4.78, 5) is 5.24. The molecule has 0 atom stereocenters. The molecule has 5 aromatic rings. The predicted molar refractivity (Wildman–Crippen MR) is 187 cm³/mol. The van der Waals surface area contributed by atoms with Crippen LogP contribution in [0.3, 0.4) is 0 Å². The Balaban J connectivity index is 0.00000225. The number of hydrogen-bond donors (Lipinski definition) is 1. The normalized spacial score (nSPS) is 11.2. The Morgan fingerprint density at radius 3 is 1.89 bits per heavy atom. The molecule has 232 valence electrons. The van der Waals surface area contributed by atoms with Gasteiger partial charge in [-0.15, -0.1) is 11.4 Å². The van der Waals surface area contributed by atoms with Crippen molar-refractivity contribution in [2.45, 2.75) is 72.6 Å². The van der Waals surface area contributed by atoms with E-state index in [2.05, 4.69) is 109 Å². The number of aromatic nitrogens is 2. The summed E-state index contributed by atoms with van der Waals surface area (Å²) in [6.45, 7) is 17.4. The van der Waals surface area contributed by atoms with Gasteiger partial charge in [-0.25, -0.2) is 4.98 Å². The van der Waals surface area contributed by atoms with Crippen molar-refractivity contribution < 1.29 is 30.9 Å². The zero-order chi connectivity index (χ0) is 29.6. The molecule has 1 N–H and O–H groups in total.